The van der Waals surface area contributed by atoms with Crippen LogP contribution in [0.4, 0.5) is 4.79 Å². The van der Waals surface area contributed by atoms with E-state index in [1.165, 1.54) is 12.1 Å². The number of aromatic nitrogens is 2. The molecule has 0 spiro atoms. The molecule has 2 aromatic carbocycles. The first kappa shape index (κ1) is 20.1. The minimum atomic E-state index is -3.80. The molecule has 0 aliphatic rings. The zero-order chi connectivity index (χ0) is 20.5. The monoisotopic (exact) mass is 419 g/mol. The molecule has 9 heteroatoms. The number of ether oxygens (including phenoxy) is 1. The van der Waals surface area contributed by atoms with Crippen LogP contribution < -0.4 is 5.14 Å². The zero-order valence-corrected chi connectivity index (χ0v) is 16.7. The van der Waals surface area contributed by atoms with Crippen LogP contribution >= 0.6 is 11.6 Å². The van der Waals surface area contributed by atoms with Crippen molar-refractivity contribution in [2.24, 2.45) is 5.14 Å². The first-order valence-electron chi connectivity index (χ1n) is 8.35. The number of primary sulfonamides is 1. The molecule has 0 radical (unpaired) electrons. The fraction of sp³-hybridized carbons (Fsp3) is 0.158. The molecular weight excluding hydrogens is 402 g/mol. The van der Waals surface area contributed by atoms with E-state index < -0.39 is 16.1 Å². The van der Waals surface area contributed by atoms with Crippen molar-refractivity contribution in [1.29, 1.82) is 0 Å². The van der Waals surface area contributed by atoms with Crippen molar-refractivity contribution in [3.05, 3.63) is 59.8 Å². The number of carbonyl (C=O) groups is 1. The molecular formula is C19H18ClN3O4S. The minimum absolute atomic E-state index is 0.0112. The smallest absolute Gasteiger partial charge is 0.434 e. The van der Waals surface area contributed by atoms with Crippen LogP contribution in [0.5, 0.6) is 0 Å². The summed E-state index contributed by atoms with van der Waals surface area (Å²) in [6, 6.07) is 13.0. The Hall–Kier alpha value is -2.68. The van der Waals surface area contributed by atoms with E-state index in [9.17, 15) is 13.2 Å². The van der Waals surface area contributed by atoms with Crippen LogP contribution in [0.15, 0.2) is 59.6 Å². The molecule has 0 aliphatic heterocycles. The Morgan fingerprint density at radius 1 is 1.07 bits per heavy atom. The van der Waals surface area contributed by atoms with Gasteiger partial charge in [0.25, 0.3) is 0 Å². The molecule has 0 aliphatic carbocycles. The van der Waals surface area contributed by atoms with Crippen molar-refractivity contribution in [1.82, 2.24) is 9.78 Å². The topological polar surface area (TPSA) is 104 Å². The van der Waals surface area contributed by atoms with Gasteiger partial charge in [-0.2, -0.15) is 9.78 Å². The normalized spacial score (nSPS) is 11.6. The molecule has 1 heterocycles. The lowest BCUT2D eigenvalue weighted by atomic mass is 10.0. The van der Waals surface area contributed by atoms with E-state index in [0.29, 0.717) is 21.8 Å². The highest BCUT2D eigenvalue weighted by Crippen LogP contribution is 2.32. The Morgan fingerprint density at radius 3 is 2.18 bits per heavy atom. The molecule has 0 fully saturated rings. The van der Waals surface area contributed by atoms with Gasteiger partial charge in [0.05, 0.1) is 11.0 Å². The second-order valence-corrected chi connectivity index (χ2v) is 8.34. The molecule has 146 valence electrons. The summed E-state index contributed by atoms with van der Waals surface area (Å²) < 4.78 is 29.3. The number of nitrogens with zero attached hydrogens (tertiary/aromatic N) is 2. The van der Waals surface area contributed by atoms with Crippen molar-refractivity contribution in [2.75, 3.05) is 0 Å². The fourth-order valence-electron chi connectivity index (χ4n) is 2.58. The molecule has 0 unspecified atom stereocenters. The Morgan fingerprint density at radius 2 is 1.64 bits per heavy atom. The molecule has 2 N–H and O–H groups in total. The third-order valence-corrected chi connectivity index (χ3v) is 5.03. The summed E-state index contributed by atoms with van der Waals surface area (Å²) in [5.74, 6) is 0. The van der Waals surface area contributed by atoms with Crippen LogP contribution in [-0.2, 0) is 14.8 Å². The van der Waals surface area contributed by atoms with Crippen LogP contribution in [0, 0.1) is 0 Å². The van der Waals surface area contributed by atoms with E-state index in [1.54, 1.807) is 56.4 Å². The standard InChI is InChI=1S/C19H18ClN3O4S/c1-12(2)27-19(24)23-11-17(13-3-7-15(20)8-4-13)18(22-23)14-5-9-16(10-6-14)28(21,25)26/h3-12H,1-2H3,(H2,21,25,26). The molecule has 0 saturated carbocycles. The third-order valence-electron chi connectivity index (χ3n) is 3.85. The second kappa shape index (κ2) is 7.75. The van der Waals surface area contributed by atoms with Crippen molar-refractivity contribution >= 4 is 27.7 Å². The van der Waals surface area contributed by atoms with Crippen LogP contribution in [0.25, 0.3) is 22.4 Å². The van der Waals surface area contributed by atoms with E-state index in [0.717, 1.165) is 10.2 Å². The number of rotatable bonds is 4. The number of benzene rings is 2. The van der Waals surface area contributed by atoms with Gasteiger partial charge in [-0.15, -0.1) is 0 Å². The molecule has 1 aromatic heterocycles. The molecule has 3 rings (SSSR count). The van der Waals surface area contributed by atoms with E-state index in [4.69, 9.17) is 21.5 Å². The highest BCUT2D eigenvalue weighted by molar-refractivity contribution is 7.89. The van der Waals surface area contributed by atoms with Crippen LogP contribution in [0.1, 0.15) is 13.8 Å². The van der Waals surface area contributed by atoms with Gasteiger partial charge in [-0.1, -0.05) is 35.9 Å². The zero-order valence-electron chi connectivity index (χ0n) is 15.2. The Balaban J connectivity index is 2.11. The number of halogens is 1. The van der Waals surface area contributed by atoms with E-state index in [-0.39, 0.29) is 11.0 Å². The van der Waals surface area contributed by atoms with Gasteiger partial charge in [-0.3, -0.25) is 0 Å². The Bertz CT molecular complexity index is 1110. The average Bonchev–Trinajstić information content (AvgIpc) is 3.07. The Kier molecular flexibility index (Phi) is 5.55. The predicted octanol–water partition coefficient (Wildman–Crippen LogP) is 3.91. The van der Waals surface area contributed by atoms with Gasteiger partial charge in [0.1, 0.15) is 5.69 Å². The maximum atomic E-state index is 12.3. The molecule has 0 atom stereocenters. The molecule has 0 amide bonds. The molecule has 3 aromatic rings. The summed E-state index contributed by atoms with van der Waals surface area (Å²) in [4.78, 5) is 12.3. The summed E-state index contributed by atoms with van der Waals surface area (Å²) in [5.41, 5.74) is 2.57. The SMILES string of the molecule is CC(C)OC(=O)n1cc(-c2ccc(Cl)cc2)c(-c2ccc(S(N)(=O)=O)cc2)n1. The van der Waals surface area contributed by atoms with Gasteiger partial charge < -0.3 is 4.74 Å². The Labute approximate surface area is 167 Å². The van der Waals surface area contributed by atoms with Gasteiger partial charge in [-0.25, -0.2) is 18.4 Å². The summed E-state index contributed by atoms with van der Waals surface area (Å²) in [6.45, 7) is 3.49. The van der Waals surface area contributed by atoms with Gasteiger partial charge in [-0.05, 0) is 43.7 Å². The summed E-state index contributed by atoms with van der Waals surface area (Å²) >= 11 is 5.97. The quantitative estimate of drug-likeness (QED) is 0.690. The highest BCUT2D eigenvalue weighted by Gasteiger charge is 2.19. The second-order valence-electron chi connectivity index (χ2n) is 6.34. The average molecular weight is 420 g/mol. The first-order valence-corrected chi connectivity index (χ1v) is 10.3. The van der Waals surface area contributed by atoms with E-state index in [2.05, 4.69) is 5.10 Å². The number of carbonyl (C=O) groups excluding carboxylic acids is 1. The predicted molar refractivity (Wildman–Crippen MR) is 106 cm³/mol. The van der Waals surface area contributed by atoms with Gasteiger partial charge in [0.2, 0.25) is 10.0 Å². The number of hydrogen-bond donors (Lipinski definition) is 1. The van der Waals surface area contributed by atoms with Gasteiger partial charge in [0, 0.05) is 22.3 Å². The summed E-state index contributed by atoms with van der Waals surface area (Å²) in [6.07, 6.45) is 0.655. The van der Waals surface area contributed by atoms with Gasteiger partial charge >= 0.3 is 6.09 Å². The molecule has 28 heavy (non-hydrogen) atoms. The highest BCUT2D eigenvalue weighted by atomic mass is 35.5. The van der Waals surface area contributed by atoms with Crippen molar-refractivity contribution < 1.29 is 17.9 Å². The van der Waals surface area contributed by atoms with E-state index >= 15 is 0 Å². The van der Waals surface area contributed by atoms with E-state index in [1.807, 2.05) is 0 Å². The van der Waals surface area contributed by atoms with Crippen LogP contribution in [-0.4, -0.2) is 30.4 Å². The van der Waals surface area contributed by atoms with Gasteiger partial charge in [0.15, 0.2) is 0 Å². The largest absolute Gasteiger partial charge is 0.445 e. The molecule has 0 bridgehead atoms. The summed E-state index contributed by atoms with van der Waals surface area (Å²) in [7, 11) is -3.80. The number of sulfonamides is 1. The van der Waals surface area contributed by atoms with Crippen molar-refractivity contribution in [3.63, 3.8) is 0 Å². The number of hydrogen-bond acceptors (Lipinski definition) is 5. The lowest BCUT2D eigenvalue weighted by molar-refractivity contribution is 0.114. The van der Waals surface area contributed by atoms with Crippen LogP contribution in [0.3, 0.4) is 0 Å². The van der Waals surface area contributed by atoms with Crippen molar-refractivity contribution in [2.45, 2.75) is 24.8 Å². The first-order chi connectivity index (χ1) is 13.1. The molecule has 7 nitrogen and oxygen atoms in total. The number of nitrogens with two attached hydrogens (primary N) is 1. The minimum Gasteiger partial charge on any atom is -0.445 e. The lowest BCUT2D eigenvalue weighted by Crippen LogP contribution is -2.18. The third kappa shape index (κ3) is 4.41. The maximum Gasteiger partial charge on any atom is 0.434 e. The van der Waals surface area contributed by atoms with Crippen molar-refractivity contribution in [3.8, 4) is 22.4 Å². The fourth-order valence-corrected chi connectivity index (χ4v) is 3.22. The summed E-state index contributed by atoms with van der Waals surface area (Å²) in [5, 5.41) is 10.1. The molecule has 0 saturated heterocycles. The van der Waals surface area contributed by atoms with Crippen LogP contribution in [0.2, 0.25) is 5.02 Å². The lowest BCUT2D eigenvalue weighted by Gasteiger charge is -2.06. The maximum absolute atomic E-state index is 12.3.